The molecule has 2 amide bonds. The fraction of sp³-hybridized carbons (Fsp3) is 0.333. The van der Waals surface area contributed by atoms with Gasteiger partial charge in [-0.15, -0.1) is 17.9 Å². The molecule has 4 nitrogen and oxygen atoms in total. The Morgan fingerprint density at radius 3 is 2.81 bits per heavy atom. The molecule has 0 aliphatic carbocycles. The summed E-state index contributed by atoms with van der Waals surface area (Å²) in [5.41, 5.74) is 3.22. The van der Waals surface area contributed by atoms with E-state index in [1.54, 1.807) is 27.2 Å². The zero-order valence-corrected chi connectivity index (χ0v) is 16.1. The van der Waals surface area contributed by atoms with E-state index in [2.05, 4.69) is 13.5 Å². The van der Waals surface area contributed by atoms with Gasteiger partial charge in [0.1, 0.15) is 5.92 Å². The van der Waals surface area contributed by atoms with E-state index in [1.807, 2.05) is 42.6 Å². The van der Waals surface area contributed by atoms with E-state index in [9.17, 15) is 9.59 Å². The van der Waals surface area contributed by atoms with Crippen molar-refractivity contribution in [2.24, 2.45) is 5.92 Å². The normalized spacial score (nSPS) is 16.8. The summed E-state index contributed by atoms with van der Waals surface area (Å²) in [6.07, 6.45) is 2.27. The van der Waals surface area contributed by atoms with Gasteiger partial charge in [-0.3, -0.25) is 9.59 Å². The summed E-state index contributed by atoms with van der Waals surface area (Å²) in [4.78, 5) is 30.5. The van der Waals surface area contributed by atoms with Crippen LogP contribution in [-0.4, -0.2) is 29.8 Å². The van der Waals surface area contributed by atoms with Crippen molar-refractivity contribution in [1.29, 1.82) is 0 Å². The first-order chi connectivity index (χ1) is 12.5. The van der Waals surface area contributed by atoms with E-state index in [1.165, 1.54) is 5.56 Å². The van der Waals surface area contributed by atoms with E-state index < -0.39 is 5.92 Å². The number of anilines is 1. The third-order valence-electron chi connectivity index (χ3n) is 4.89. The molecule has 0 spiro atoms. The smallest absolute Gasteiger partial charge is 0.239 e. The van der Waals surface area contributed by atoms with Crippen LogP contribution in [0.4, 0.5) is 5.69 Å². The molecule has 1 saturated heterocycles. The van der Waals surface area contributed by atoms with Crippen molar-refractivity contribution in [3.05, 3.63) is 64.4 Å². The molecule has 1 unspecified atom stereocenters. The maximum Gasteiger partial charge on any atom is 0.239 e. The number of benzene rings is 1. The molecular weight excluding hydrogens is 344 g/mol. The Balaban J connectivity index is 1.75. The third-order valence-corrected chi connectivity index (χ3v) is 5.75. The Hall–Kier alpha value is -2.40. The average molecular weight is 369 g/mol. The first kappa shape index (κ1) is 18.4. The topological polar surface area (TPSA) is 40.6 Å². The van der Waals surface area contributed by atoms with Crippen molar-refractivity contribution < 1.29 is 9.59 Å². The molecule has 2 heterocycles. The molecule has 1 fully saturated rings. The number of rotatable bonds is 6. The van der Waals surface area contributed by atoms with Crippen LogP contribution in [0.15, 0.2) is 48.4 Å². The number of carbonyl (C=O) groups is 2. The molecule has 136 valence electrons. The Bertz CT molecular complexity index is 813. The van der Waals surface area contributed by atoms with Crippen LogP contribution in [0.5, 0.6) is 0 Å². The van der Waals surface area contributed by atoms with Crippen LogP contribution in [0.3, 0.4) is 0 Å². The molecule has 1 aromatic carbocycles. The van der Waals surface area contributed by atoms with Gasteiger partial charge in [-0.1, -0.05) is 18.2 Å². The number of hydrogen-bond acceptors (Lipinski definition) is 3. The van der Waals surface area contributed by atoms with Gasteiger partial charge < -0.3 is 9.80 Å². The maximum absolute atomic E-state index is 13.0. The lowest BCUT2D eigenvalue weighted by Gasteiger charge is -2.24. The Kier molecular flexibility index (Phi) is 5.57. The van der Waals surface area contributed by atoms with Crippen LogP contribution in [0.25, 0.3) is 0 Å². The lowest BCUT2D eigenvalue weighted by Crippen LogP contribution is -2.39. The number of amides is 2. The van der Waals surface area contributed by atoms with Gasteiger partial charge in [0, 0.05) is 23.7 Å². The molecule has 2 aromatic rings. The van der Waals surface area contributed by atoms with E-state index in [4.69, 9.17) is 0 Å². The zero-order valence-electron chi connectivity index (χ0n) is 15.3. The highest BCUT2D eigenvalue weighted by molar-refractivity contribution is 7.09. The highest BCUT2D eigenvalue weighted by atomic mass is 32.1. The number of carbonyl (C=O) groups excluding carboxylic acids is 2. The molecule has 3 rings (SSSR count). The Labute approximate surface area is 158 Å². The molecule has 5 heteroatoms. The third kappa shape index (κ3) is 3.73. The second-order valence-electron chi connectivity index (χ2n) is 6.69. The molecule has 1 aliphatic rings. The monoisotopic (exact) mass is 368 g/mol. The van der Waals surface area contributed by atoms with Gasteiger partial charge in [0.25, 0.3) is 0 Å². The lowest BCUT2D eigenvalue weighted by atomic mass is 10.1. The van der Waals surface area contributed by atoms with Gasteiger partial charge in [-0.2, -0.15) is 0 Å². The summed E-state index contributed by atoms with van der Waals surface area (Å²) in [6.45, 7) is 9.39. The van der Waals surface area contributed by atoms with Crippen LogP contribution in [-0.2, 0) is 16.1 Å². The molecule has 1 aromatic heterocycles. The minimum atomic E-state index is -0.600. The highest BCUT2D eigenvalue weighted by Gasteiger charge is 2.39. The number of aryl methyl sites for hydroxylation is 2. The van der Waals surface area contributed by atoms with Crippen molar-refractivity contribution in [3.8, 4) is 0 Å². The quantitative estimate of drug-likeness (QED) is 0.572. The second-order valence-corrected chi connectivity index (χ2v) is 7.72. The van der Waals surface area contributed by atoms with Crippen molar-refractivity contribution in [3.63, 3.8) is 0 Å². The summed E-state index contributed by atoms with van der Waals surface area (Å²) in [5, 5.41) is 1.99. The summed E-state index contributed by atoms with van der Waals surface area (Å²) in [7, 11) is 0. The summed E-state index contributed by atoms with van der Waals surface area (Å²) in [5.74, 6) is -0.801. The van der Waals surface area contributed by atoms with E-state index in [0.29, 0.717) is 26.1 Å². The number of thiophene rings is 1. The van der Waals surface area contributed by atoms with Gasteiger partial charge >= 0.3 is 0 Å². The van der Waals surface area contributed by atoms with Gasteiger partial charge in [0.2, 0.25) is 11.8 Å². The van der Waals surface area contributed by atoms with Crippen LogP contribution in [0, 0.1) is 19.8 Å². The maximum atomic E-state index is 13.0. The highest BCUT2D eigenvalue weighted by Crippen LogP contribution is 2.28. The van der Waals surface area contributed by atoms with Gasteiger partial charge in [0.15, 0.2) is 0 Å². The largest absolute Gasteiger partial charge is 0.333 e. The molecule has 1 aliphatic heterocycles. The fourth-order valence-electron chi connectivity index (χ4n) is 3.26. The fourth-order valence-corrected chi connectivity index (χ4v) is 3.98. The Morgan fingerprint density at radius 1 is 1.35 bits per heavy atom. The SMILES string of the molecule is C=CCN(Cc1cccs1)C(=O)C1CCN(c2ccc(C)c(C)c2)C1=O. The molecule has 26 heavy (non-hydrogen) atoms. The second kappa shape index (κ2) is 7.87. The molecule has 0 radical (unpaired) electrons. The van der Waals surface area contributed by atoms with E-state index >= 15 is 0 Å². The standard InChI is InChI=1S/C21H24N2O2S/c1-4-10-22(14-18-6-5-12-26-18)20(24)19-9-11-23(21(19)25)17-8-7-15(2)16(3)13-17/h4-8,12-13,19H,1,9-11,14H2,2-3H3. The van der Waals surface area contributed by atoms with Gasteiger partial charge in [-0.05, 0) is 55.0 Å². The summed E-state index contributed by atoms with van der Waals surface area (Å²) < 4.78 is 0. The van der Waals surface area contributed by atoms with Gasteiger partial charge in [0.05, 0.1) is 6.54 Å². The van der Waals surface area contributed by atoms with Crippen LogP contribution < -0.4 is 4.90 Å². The first-order valence-electron chi connectivity index (χ1n) is 8.82. The predicted molar refractivity (Wildman–Crippen MR) is 106 cm³/mol. The van der Waals surface area contributed by atoms with Crippen molar-refractivity contribution in [1.82, 2.24) is 4.90 Å². The predicted octanol–water partition coefficient (Wildman–Crippen LogP) is 3.93. The number of hydrogen-bond donors (Lipinski definition) is 0. The Morgan fingerprint density at radius 2 is 2.15 bits per heavy atom. The zero-order chi connectivity index (χ0) is 18.7. The minimum Gasteiger partial charge on any atom is -0.333 e. The van der Waals surface area contributed by atoms with Gasteiger partial charge in [-0.25, -0.2) is 0 Å². The van der Waals surface area contributed by atoms with Crippen LogP contribution >= 0.6 is 11.3 Å². The lowest BCUT2D eigenvalue weighted by molar-refractivity contribution is -0.139. The minimum absolute atomic E-state index is 0.0986. The van der Waals surface area contributed by atoms with E-state index in [-0.39, 0.29) is 11.8 Å². The van der Waals surface area contributed by atoms with Crippen molar-refractivity contribution >= 4 is 28.8 Å². The molecular formula is C21H24N2O2S. The van der Waals surface area contributed by atoms with Crippen LogP contribution in [0.1, 0.15) is 22.4 Å². The van der Waals surface area contributed by atoms with Crippen molar-refractivity contribution in [2.75, 3.05) is 18.0 Å². The first-order valence-corrected chi connectivity index (χ1v) is 9.70. The van der Waals surface area contributed by atoms with E-state index in [0.717, 1.165) is 16.1 Å². The summed E-state index contributed by atoms with van der Waals surface area (Å²) in [6, 6.07) is 9.98. The van der Waals surface area contributed by atoms with Crippen molar-refractivity contribution in [2.45, 2.75) is 26.8 Å². The number of nitrogens with zero attached hydrogens (tertiary/aromatic N) is 2. The summed E-state index contributed by atoms with van der Waals surface area (Å²) >= 11 is 1.61. The average Bonchev–Trinajstić information content (AvgIpc) is 3.26. The molecule has 0 saturated carbocycles. The molecule has 0 N–H and O–H groups in total. The molecule has 0 bridgehead atoms. The molecule has 1 atom stereocenters. The van der Waals surface area contributed by atoms with Crippen LogP contribution in [0.2, 0.25) is 0 Å².